The number of amides is 2. The van der Waals surface area contributed by atoms with Gasteiger partial charge in [-0.1, -0.05) is 0 Å². The highest BCUT2D eigenvalue weighted by molar-refractivity contribution is 6.03. The van der Waals surface area contributed by atoms with E-state index in [2.05, 4.69) is 10.3 Å². The summed E-state index contributed by atoms with van der Waals surface area (Å²) in [7, 11) is 0. The number of aromatic nitrogens is 1. The first kappa shape index (κ1) is 24.1. The maximum Gasteiger partial charge on any atom is 0.278 e. The molecule has 2 amide bonds. The molecule has 1 atom stereocenters. The standard InChI is InChI=1S/C20H27F2N5O4/c1-11(17(24)31-10-20(3,21)22)8-15(23)12(2)27-9-14-13(19(27)30)4-5-25-16(14)18(29)26-6-7-28/h4-5,8,12,28H,6-7,9-10,23-24H2,1-3H3,(H,26,29)/b15-8-,17-11+. The number of carbonyl (C=O) groups excluding carboxylic acids is 2. The number of pyridine rings is 1. The van der Waals surface area contributed by atoms with E-state index >= 15 is 0 Å². The molecule has 9 nitrogen and oxygen atoms in total. The van der Waals surface area contributed by atoms with Crippen LogP contribution in [0.1, 0.15) is 47.2 Å². The lowest BCUT2D eigenvalue weighted by Crippen LogP contribution is -2.37. The van der Waals surface area contributed by atoms with Crippen LogP contribution < -0.4 is 16.8 Å². The van der Waals surface area contributed by atoms with Crippen LogP contribution in [0.25, 0.3) is 0 Å². The van der Waals surface area contributed by atoms with Crippen molar-refractivity contribution in [3.05, 3.63) is 52.3 Å². The van der Waals surface area contributed by atoms with Crippen molar-refractivity contribution >= 4 is 11.8 Å². The predicted molar refractivity (Wildman–Crippen MR) is 109 cm³/mol. The number of hydrogen-bond acceptors (Lipinski definition) is 7. The molecule has 0 spiro atoms. The fourth-order valence-corrected chi connectivity index (χ4v) is 2.95. The van der Waals surface area contributed by atoms with Gasteiger partial charge in [-0.2, -0.15) is 0 Å². The molecule has 11 heteroatoms. The average Bonchev–Trinajstić information content (AvgIpc) is 3.05. The number of hydrogen-bond donors (Lipinski definition) is 4. The van der Waals surface area contributed by atoms with Crippen molar-refractivity contribution in [1.29, 1.82) is 0 Å². The summed E-state index contributed by atoms with van der Waals surface area (Å²) in [5.74, 6) is -4.04. The number of alkyl halides is 2. The zero-order chi connectivity index (χ0) is 23.3. The van der Waals surface area contributed by atoms with Gasteiger partial charge in [-0.05, 0) is 26.0 Å². The lowest BCUT2D eigenvalue weighted by atomic mass is 10.1. The topological polar surface area (TPSA) is 144 Å². The lowest BCUT2D eigenvalue weighted by Gasteiger charge is -2.25. The van der Waals surface area contributed by atoms with Gasteiger partial charge in [0, 0.05) is 48.6 Å². The fraction of sp³-hybridized carbons (Fsp3) is 0.450. The van der Waals surface area contributed by atoms with E-state index in [0.29, 0.717) is 23.6 Å². The van der Waals surface area contributed by atoms with Crippen molar-refractivity contribution in [2.75, 3.05) is 19.8 Å². The van der Waals surface area contributed by atoms with Crippen LogP contribution in [0.3, 0.4) is 0 Å². The minimum atomic E-state index is -3.03. The predicted octanol–water partition coefficient (Wildman–Crippen LogP) is 0.853. The summed E-state index contributed by atoms with van der Waals surface area (Å²) >= 11 is 0. The summed E-state index contributed by atoms with van der Waals surface area (Å²) < 4.78 is 30.8. The molecule has 0 saturated heterocycles. The van der Waals surface area contributed by atoms with Gasteiger partial charge in [-0.3, -0.25) is 14.6 Å². The van der Waals surface area contributed by atoms with Crippen LogP contribution in [-0.4, -0.2) is 58.5 Å². The molecule has 0 bridgehead atoms. The van der Waals surface area contributed by atoms with E-state index in [1.165, 1.54) is 23.2 Å². The van der Waals surface area contributed by atoms with Gasteiger partial charge >= 0.3 is 0 Å². The second-order valence-electron chi connectivity index (χ2n) is 7.32. The van der Waals surface area contributed by atoms with Crippen LogP contribution >= 0.6 is 0 Å². The molecule has 6 N–H and O–H groups in total. The highest BCUT2D eigenvalue weighted by Crippen LogP contribution is 2.28. The molecule has 2 heterocycles. The van der Waals surface area contributed by atoms with Crippen LogP contribution in [0.2, 0.25) is 0 Å². The highest BCUT2D eigenvalue weighted by atomic mass is 19.3. The molecule has 1 aliphatic rings. The third-order valence-electron chi connectivity index (χ3n) is 4.69. The molecule has 31 heavy (non-hydrogen) atoms. The van der Waals surface area contributed by atoms with Gasteiger partial charge < -0.3 is 31.5 Å². The first-order valence-electron chi connectivity index (χ1n) is 9.58. The molecular formula is C20H27F2N5O4. The maximum absolute atomic E-state index is 12.9. The number of nitrogens with two attached hydrogens (primary N) is 2. The van der Waals surface area contributed by atoms with Crippen molar-refractivity contribution in [3.63, 3.8) is 0 Å². The quantitative estimate of drug-likeness (QED) is 0.330. The monoisotopic (exact) mass is 439 g/mol. The van der Waals surface area contributed by atoms with Gasteiger partial charge in [0.1, 0.15) is 5.69 Å². The van der Waals surface area contributed by atoms with Gasteiger partial charge in [0.25, 0.3) is 17.7 Å². The third-order valence-corrected chi connectivity index (χ3v) is 4.69. The van der Waals surface area contributed by atoms with Crippen molar-refractivity contribution in [2.45, 2.75) is 39.3 Å². The van der Waals surface area contributed by atoms with E-state index in [4.69, 9.17) is 21.3 Å². The van der Waals surface area contributed by atoms with E-state index in [9.17, 15) is 18.4 Å². The molecule has 0 fully saturated rings. The molecule has 0 radical (unpaired) electrons. The summed E-state index contributed by atoms with van der Waals surface area (Å²) in [6.07, 6.45) is 2.82. The van der Waals surface area contributed by atoms with Crippen LogP contribution in [0.5, 0.6) is 0 Å². The van der Waals surface area contributed by atoms with Gasteiger partial charge in [0.05, 0.1) is 12.6 Å². The van der Waals surface area contributed by atoms with Crippen molar-refractivity contribution in [3.8, 4) is 0 Å². The Bertz CT molecular complexity index is 911. The number of ether oxygens (including phenoxy) is 1. The number of fused-ring (bicyclic) bond motifs is 1. The Kier molecular flexibility index (Phi) is 7.55. The Morgan fingerprint density at radius 3 is 2.77 bits per heavy atom. The lowest BCUT2D eigenvalue weighted by molar-refractivity contribution is -0.0446. The molecule has 1 unspecified atom stereocenters. The largest absolute Gasteiger partial charge is 0.473 e. The molecule has 0 saturated carbocycles. The minimum absolute atomic E-state index is 0.0625. The van der Waals surface area contributed by atoms with Gasteiger partial charge in [-0.15, -0.1) is 0 Å². The van der Waals surface area contributed by atoms with Crippen LogP contribution in [0, 0.1) is 0 Å². The summed E-state index contributed by atoms with van der Waals surface area (Å²) in [6, 6.07) is 0.943. The summed E-state index contributed by atoms with van der Waals surface area (Å²) in [6.45, 7) is 3.04. The second-order valence-corrected chi connectivity index (χ2v) is 7.32. The van der Waals surface area contributed by atoms with Crippen molar-refractivity contribution in [1.82, 2.24) is 15.2 Å². The van der Waals surface area contributed by atoms with E-state index in [-0.39, 0.29) is 42.9 Å². The zero-order valence-corrected chi connectivity index (χ0v) is 17.6. The van der Waals surface area contributed by atoms with E-state index in [1.807, 2.05) is 0 Å². The van der Waals surface area contributed by atoms with E-state index in [0.717, 1.165) is 0 Å². The van der Waals surface area contributed by atoms with E-state index < -0.39 is 24.5 Å². The number of nitrogens with zero attached hydrogens (tertiary/aromatic N) is 2. The zero-order valence-electron chi connectivity index (χ0n) is 17.6. The van der Waals surface area contributed by atoms with Crippen molar-refractivity contribution in [2.24, 2.45) is 11.5 Å². The summed E-state index contributed by atoms with van der Waals surface area (Å²) in [5.41, 5.74) is 13.3. The van der Waals surface area contributed by atoms with Crippen LogP contribution in [0.15, 0.2) is 35.5 Å². The third kappa shape index (κ3) is 5.91. The number of halogens is 2. The Balaban J connectivity index is 2.20. The number of carbonyl (C=O) groups is 2. The van der Waals surface area contributed by atoms with Crippen LogP contribution in [0.4, 0.5) is 8.78 Å². The number of aliphatic hydroxyl groups excluding tert-OH is 1. The number of allylic oxidation sites excluding steroid dienone is 2. The molecule has 1 aliphatic heterocycles. The molecule has 170 valence electrons. The fourth-order valence-electron chi connectivity index (χ4n) is 2.95. The normalized spacial score (nSPS) is 16.0. The highest BCUT2D eigenvalue weighted by Gasteiger charge is 2.35. The number of rotatable bonds is 9. The number of nitrogens with one attached hydrogen (secondary N) is 1. The van der Waals surface area contributed by atoms with E-state index in [1.54, 1.807) is 13.8 Å². The second kappa shape index (κ2) is 9.73. The van der Waals surface area contributed by atoms with Crippen LogP contribution in [-0.2, 0) is 11.3 Å². The first-order valence-corrected chi connectivity index (χ1v) is 9.58. The molecule has 2 rings (SSSR count). The Hall–Kier alpha value is -3.21. The first-order chi connectivity index (χ1) is 14.5. The molecule has 1 aromatic heterocycles. The Labute approximate surface area is 178 Å². The van der Waals surface area contributed by atoms with Gasteiger partial charge in [0.15, 0.2) is 12.5 Å². The minimum Gasteiger partial charge on any atom is -0.473 e. The molecular weight excluding hydrogens is 412 g/mol. The van der Waals surface area contributed by atoms with Gasteiger partial charge in [-0.25, -0.2) is 8.78 Å². The molecule has 0 aromatic carbocycles. The smallest absolute Gasteiger partial charge is 0.278 e. The Morgan fingerprint density at radius 2 is 2.16 bits per heavy atom. The Morgan fingerprint density at radius 1 is 1.48 bits per heavy atom. The summed E-state index contributed by atoms with van der Waals surface area (Å²) in [5, 5.41) is 11.4. The SMILES string of the molecule is CC(/C=C(\N)C(C)N1Cc2c(ccnc2C(=O)NCCO)C1=O)=C(/N)OCC(C)(F)F. The average molecular weight is 439 g/mol. The molecule has 0 aliphatic carbocycles. The van der Waals surface area contributed by atoms with Crippen molar-refractivity contribution < 1.29 is 28.2 Å². The maximum atomic E-state index is 12.9. The summed E-state index contributed by atoms with van der Waals surface area (Å²) in [4.78, 5) is 30.7. The van der Waals surface area contributed by atoms with Gasteiger partial charge in [0.2, 0.25) is 0 Å². The number of aliphatic hydroxyl groups is 1. The molecule has 1 aromatic rings.